The van der Waals surface area contributed by atoms with Crippen LogP contribution in [0.2, 0.25) is 0 Å². The molecule has 0 bridgehead atoms. The van der Waals surface area contributed by atoms with Gasteiger partial charge in [-0.2, -0.15) is 0 Å². The molecule has 0 spiro atoms. The first-order valence-corrected chi connectivity index (χ1v) is 8.84. The average Bonchev–Trinajstić information content (AvgIpc) is 2.65. The van der Waals surface area contributed by atoms with E-state index in [2.05, 4.69) is 19.2 Å². The highest BCUT2D eigenvalue weighted by Crippen LogP contribution is 2.30. The minimum atomic E-state index is -0.720. The summed E-state index contributed by atoms with van der Waals surface area (Å²) in [6, 6.07) is 7.75. The summed E-state index contributed by atoms with van der Waals surface area (Å²) < 4.78 is 11.0. The Hall–Kier alpha value is -2.08. The van der Waals surface area contributed by atoms with Crippen molar-refractivity contribution < 1.29 is 19.1 Å². The summed E-state index contributed by atoms with van der Waals surface area (Å²) in [6.07, 6.45) is 2.05. The minimum absolute atomic E-state index is 0.0845. The van der Waals surface area contributed by atoms with Crippen LogP contribution < -0.4 is 15.8 Å². The maximum Gasteiger partial charge on any atom is 0.257 e. The first kappa shape index (κ1) is 19.2. The molecule has 0 aliphatic carbocycles. The number of carbonyl (C=O) groups excluding carboxylic acids is 2. The zero-order valence-electron chi connectivity index (χ0n) is 15.0. The fraction of sp³-hybridized carbons (Fsp3) is 0.579. The van der Waals surface area contributed by atoms with Crippen molar-refractivity contribution in [1.82, 2.24) is 5.32 Å². The number of amides is 2. The van der Waals surface area contributed by atoms with Gasteiger partial charge in [-0.25, -0.2) is 0 Å². The van der Waals surface area contributed by atoms with E-state index in [9.17, 15) is 9.59 Å². The SMILES string of the molecule is CC[C@@H](C)c1ccccc1OCC(=O)NCC1(C(N)=O)CCOCC1. The highest BCUT2D eigenvalue weighted by molar-refractivity contribution is 5.83. The van der Waals surface area contributed by atoms with E-state index in [0.717, 1.165) is 17.7 Å². The van der Waals surface area contributed by atoms with Crippen molar-refractivity contribution in [2.75, 3.05) is 26.4 Å². The smallest absolute Gasteiger partial charge is 0.257 e. The maximum absolute atomic E-state index is 12.2. The van der Waals surface area contributed by atoms with E-state index in [0.29, 0.717) is 32.0 Å². The van der Waals surface area contributed by atoms with Crippen LogP contribution in [-0.2, 0) is 14.3 Å². The van der Waals surface area contributed by atoms with Crippen LogP contribution in [-0.4, -0.2) is 38.2 Å². The van der Waals surface area contributed by atoms with Gasteiger partial charge in [-0.1, -0.05) is 32.0 Å². The van der Waals surface area contributed by atoms with Gasteiger partial charge in [0.2, 0.25) is 5.91 Å². The molecule has 0 unspecified atom stereocenters. The van der Waals surface area contributed by atoms with Crippen LogP contribution >= 0.6 is 0 Å². The van der Waals surface area contributed by atoms with E-state index in [4.69, 9.17) is 15.2 Å². The van der Waals surface area contributed by atoms with Crippen LogP contribution in [0.5, 0.6) is 5.75 Å². The molecule has 1 fully saturated rings. The van der Waals surface area contributed by atoms with Crippen molar-refractivity contribution in [2.24, 2.45) is 11.1 Å². The zero-order chi connectivity index (χ0) is 18.3. The lowest BCUT2D eigenvalue weighted by atomic mass is 9.79. The van der Waals surface area contributed by atoms with Gasteiger partial charge in [0.05, 0.1) is 5.41 Å². The van der Waals surface area contributed by atoms with Crippen molar-refractivity contribution in [3.63, 3.8) is 0 Å². The summed E-state index contributed by atoms with van der Waals surface area (Å²) in [6.45, 7) is 5.35. The van der Waals surface area contributed by atoms with Crippen LogP contribution in [0.1, 0.15) is 44.6 Å². The molecule has 1 aromatic rings. The quantitative estimate of drug-likeness (QED) is 0.751. The molecule has 2 amide bonds. The maximum atomic E-state index is 12.2. The third-order valence-electron chi connectivity index (χ3n) is 5.02. The molecular weight excluding hydrogens is 320 g/mol. The van der Waals surface area contributed by atoms with Crippen molar-refractivity contribution in [3.05, 3.63) is 29.8 Å². The fourth-order valence-electron chi connectivity index (χ4n) is 2.97. The van der Waals surface area contributed by atoms with Gasteiger partial charge in [0.15, 0.2) is 6.61 Å². The van der Waals surface area contributed by atoms with Crippen molar-refractivity contribution in [3.8, 4) is 5.75 Å². The van der Waals surface area contributed by atoms with Crippen LogP contribution in [0.4, 0.5) is 0 Å². The van der Waals surface area contributed by atoms with E-state index in [1.807, 2.05) is 24.3 Å². The fourth-order valence-corrected chi connectivity index (χ4v) is 2.97. The predicted octanol–water partition coefficient (Wildman–Crippen LogP) is 1.98. The van der Waals surface area contributed by atoms with Gasteiger partial charge in [-0.15, -0.1) is 0 Å². The van der Waals surface area contributed by atoms with Gasteiger partial charge >= 0.3 is 0 Å². The monoisotopic (exact) mass is 348 g/mol. The topological polar surface area (TPSA) is 90.6 Å². The molecule has 138 valence electrons. The molecule has 0 aromatic heterocycles. The predicted molar refractivity (Wildman–Crippen MR) is 95.3 cm³/mol. The Balaban J connectivity index is 1.90. The first-order chi connectivity index (χ1) is 12.0. The molecule has 1 atom stereocenters. The Morgan fingerprint density at radius 1 is 1.32 bits per heavy atom. The molecule has 2 rings (SSSR count). The number of benzene rings is 1. The van der Waals surface area contributed by atoms with E-state index in [-0.39, 0.29) is 25.0 Å². The molecule has 0 radical (unpaired) electrons. The third kappa shape index (κ3) is 4.95. The minimum Gasteiger partial charge on any atom is -0.483 e. The first-order valence-electron chi connectivity index (χ1n) is 8.84. The van der Waals surface area contributed by atoms with Gasteiger partial charge in [-0.05, 0) is 36.8 Å². The van der Waals surface area contributed by atoms with E-state index >= 15 is 0 Å². The highest BCUT2D eigenvalue weighted by atomic mass is 16.5. The third-order valence-corrected chi connectivity index (χ3v) is 5.02. The molecule has 1 aliphatic heterocycles. The van der Waals surface area contributed by atoms with Crippen LogP contribution in [0.25, 0.3) is 0 Å². The summed E-state index contributed by atoms with van der Waals surface area (Å²) in [5, 5.41) is 2.79. The van der Waals surface area contributed by atoms with Gasteiger partial charge in [-0.3, -0.25) is 9.59 Å². The van der Waals surface area contributed by atoms with Gasteiger partial charge in [0.1, 0.15) is 5.75 Å². The molecule has 25 heavy (non-hydrogen) atoms. The summed E-state index contributed by atoms with van der Waals surface area (Å²) >= 11 is 0. The van der Waals surface area contributed by atoms with Gasteiger partial charge in [0, 0.05) is 19.8 Å². The van der Waals surface area contributed by atoms with E-state index < -0.39 is 5.41 Å². The second kappa shape index (κ2) is 8.85. The molecule has 6 nitrogen and oxygen atoms in total. The number of hydrogen-bond acceptors (Lipinski definition) is 4. The Morgan fingerprint density at radius 2 is 2.00 bits per heavy atom. The number of carbonyl (C=O) groups is 2. The second-order valence-electron chi connectivity index (χ2n) is 6.67. The highest BCUT2D eigenvalue weighted by Gasteiger charge is 2.38. The number of hydrogen-bond donors (Lipinski definition) is 2. The Morgan fingerprint density at radius 3 is 2.64 bits per heavy atom. The molecule has 1 aromatic carbocycles. The van der Waals surface area contributed by atoms with E-state index in [1.165, 1.54) is 0 Å². The number of nitrogens with one attached hydrogen (secondary N) is 1. The molecule has 0 saturated carbocycles. The van der Waals surface area contributed by atoms with E-state index in [1.54, 1.807) is 0 Å². The summed E-state index contributed by atoms with van der Waals surface area (Å²) in [7, 11) is 0. The summed E-state index contributed by atoms with van der Waals surface area (Å²) in [5.41, 5.74) is 5.92. The molecule has 1 heterocycles. The summed E-state index contributed by atoms with van der Waals surface area (Å²) in [5.74, 6) is 0.438. The Bertz CT molecular complexity index is 597. The normalized spacial score (nSPS) is 17.5. The molecular formula is C19H28N2O4. The standard InChI is InChI=1S/C19H28N2O4/c1-3-14(2)15-6-4-5-7-16(15)25-12-17(22)21-13-19(18(20)23)8-10-24-11-9-19/h4-7,14H,3,8-13H2,1-2H3,(H2,20,23)(H,21,22)/t14-/m1/s1. The van der Waals surface area contributed by atoms with Gasteiger partial charge < -0.3 is 20.5 Å². The Labute approximate surface area is 149 Å². The van der Waals surface area contributed by atoms with Crippen molar-refractivity contribution in [1.29, 1.82) is 0 Å². The largest absolute Gasteiger partial charge is 0.483 e. The number of primary amides is 1. The average molecular weight is 348 g/mol. The Kier molecular flexibility index (Phi) is 6.82. The lowest BCUT2D eigenvalue weighted by molar-refractivity contribution is -0.134. The summed E-state index contributed by atoms with van der Waals surface area (Å²) in [4.78, 5) is 24.0. The lowest BCUT2D eigenvalue weighted by Gasteiger charge is -2.34. The second-order valence-corrected chi connectivity index (χ2v) is 6.67. The molecule has 1 saturated heterocycles. The zero-order valence-corrected chi connectivity index (χ0v) is 15.0. The number of para-hydroxylation sites is 1. The van der Waals surface area contributed by atoms with Crippen LogP contribution in [0.3, 0.4) is 0 Å². The van der Waals surface area contributed by atoms with Crippen LogP contribution in [0.15, 0.2) is 24.3 Å². The van der Waals surface area contributed by atoms with Crippen molar-refractivity contribution in [2.45, 2.75) is 39.0 Å². The number of nitrogens with two attached hydrogens (primary N) is 1. The molecule has 6 heteroatoms. The molecule has 3 N–H and O–H groups in total. The lowest BCUT2D eigenvalue weighted by Crippen LogP contribution is -2.50. The van der Waals surface area contributed by atoms with Crippen LogP contribution in [0, 0.1) is 5.41 Å². The van der Waals surface area contributed by atoms with Crippen molar-refractivity contribution >= 4 is 11.8 Å². The number of rotatable bonds is 8. The number of ether oxygens (including phenoxy) is 2. The molecule has 1 aliphatic rings. The van der Waals surface area contributed by atoms with Gasteiger partial charge in [0.25, 0.3) is 5.91 Å².